The van der Waals surface area contributed by atoms with Crippen LogP contribution < -0.4 is 0 Å². The Morgan fingerprint density at radius 1 is 0.680 bits per heavy atom. The van der Waals surface area contributed by atoms with Crippen molar-refractivity contribution in [3.8, 4) is 0 Å². The van der Waals surface area contributed by atoms with Crippen molar-refractivity contribution < 1.29 is 19.8 Å². The molecular formula is C21H32O4. The molecule has 140 valence electrons. The second-order valence-electron chi connectivity index (χ2n) is 6.71. The van der Waals surface area contributed by atoms with Crippen LogP contribution in [0.25, 0.3) is 0 Å². The van der Waals surface area contributed by atoms with Gasteiger partial charge >= 0.3 is 11.9 Å². The summed E-state index contributed by atoms with van der Waals surface area (Å²) in [6.07, 6.45) is 11.3. The Bertz CT molecular complexity index is 585. The van der Waals surface area contributed by atoms with E-state index in [4.69, 9.17) is 10.2 Å². The zero-order valence-electron chi connectivity index (χ0n) is 16.2. The molecule has 0 saturated carbocycles. The monoisotopic (exact) mass is 348 g/mol. The zero-order valence-corrected chi connectivity index (χ0v) is 16.2. The lowest BCUT2D eigenvalue weighted by Gasteiger charge is -2.04. The first kappa shape index (κ1) is 22.9. The van der Waals surface area contributed by atoms with Gasteiger partial charge in [0.15, 0.2) is 0 Å². The van der Waals surface area contributed by atoms with E-state index in [1.54, 1.807) is 0 Å². The lowest BCUT2D eigenvalue weighted by atomic mass is 10.0. The molecule has 0 aromatic rings. The van der Waals surface area contributed by atoms with E-state index in [1.165, 1.54) is 23.6 Å². The van der Waals surface area contributed by atoms with E-state index >= 15 is 0 Å². The van der Waals surface area contributed by atoms with Gasteiger partial charge in [-0.2, -0.15) is 0 Å². The van der Waals surface area contributed by atoms with Crippen molar-refractivity contribution >= 4 is 11.9 Å². The summed E-state index contributed by atoms with van der Waals surface area (Å²) in [5.41, 5.74) is 3.82. The van der Waals surface area contributed by atoms with Crippen LogP contribution in [0, 0.1) is 0 Å². The van der Waals surface area contributed by atoms with Gasteiger partial charge < -0.3 is 10.2 Å². The summed E-state index contributed by atoms with van der Waals surface area (Å²) < 4.78 is 0. The van der Waals surface area contributed by atoms with E-state index in [0.29, 0.717) is 6.42 Å². The molecule has 0 heterocycles. The second-order valence-corrected chi connectivity index (χ2v) is 6.71. The number of hydrogen-bond acceptors (Lipinski definition) is 2. The summed E-state index contributed by atoms with van der Waals surface area (Å²) in [7, 11) is 0. The molecule has 4 heteroatoms. The molecule has 4 nitrogen and oxygen atoms in total. The number of carboxylic acids is 2. The molecule has 0 aromatic heterocycles. The van der Waals surface area contributed by atoms with Gasteiger partial charge in [-0.05, 0) is 73.1 Å². The molecule has 0 rings (SSSR count). The molecule has 0 bridgehead atoms. The fraction of sp³-hybridized carbons (Fsp3) is 0.524. The molecule has 0 saturated heterocycles. The highest BCUT2D eigenvalue weighted by Crippen LogP contribution is 2.16. The van der Waals surface area contributed by atoms with Crippen LogP contribution >= 0.6 is 0 Å². The number of carbonyl (C=O) groups is 2. The molecule has 0 spiro atoms. The van der Waals surface area contributed by atoms with Crippen LogP contribution in [0.3, 0.4) is 0 Å². The topological polar surface area (TPSA) is 74.6 Å². The molecule has 0 aliphatic heterocycles. The number of hydrogen-bond donors (Lipinski definition) is 2. The van der Waals surface area contributed by atoms with Gasteiger partial charge in [0.1, 0.15) is 0 Å². The maximum Gasteiger partial charge on any atom is 0.332 e. The van der Waals surface area contributed by atoms with E-state index in [-0.39, 0.29) is 17.6 Å². The smallest absolute Gasteiger partial charge is 0.332 e. The molecular weight excluding hydrogens is 316 g/mol. The normalized spacial score (nSPS) is 13.3. The van der Waals surface area contributed by atoms with Crippen LogP contribution in [0.5, 0.6) is 0 Å². The molecule has 0 fully saturated rings. The minimum Gasteiger partial charge on any atom is -0.478 e. The highest BCUT2D eigenvalue weighted by molar-refractivity contribution is 5.98. The van der Waals surface area contributed by atoms with E-state index in [1.807, 2.05) is 13.0 Å². The van der Waals surface area contributed by atoms with Crippen molar-refractivity contribution in [2.24, 2.45) is 0 Å². The van der Waals surface area contributed by atoms with Crippen molar-refractivity contribution in [2.75, 3.05) is 0 Å². The molecule has 25 heavy (non-hydrogen) atoms. The van der Waals surface area contributed by atoms with Gasteiger partial charge in [-0.3, -0.25) is 0 Å². The Labute approximate surface area is 151 Å². The maximum absolute atomic E-state index is 11.1. The van der Waals surface area contributed by atoms with Crippen LogP contribution in [0.2, 0.25) is 0 Å². The van der Waals surface area contributed by atoms with E-state index < -0.39 is 11.9 Å². The Morgan fingerprint density at radius 2 is 1.12 bits per heavy atom. The average molecular weight is 348 g/mol. The summed E-state index contributed by atoms with van der Waals surface area (Å²) in [6, 6.07) is 0. The average Bonchev–Trinajstić information content (AvgIpc) is 2.50. The highest BCUT2D eigenvalue weighted by atomic mass is 16.4. The van der Waals surface area contributed by atoms with E-state index in [9.17, 15) is 9.59 Å². The Balaban J connectivity index is 4.42. The molecule has 0 atom stereocenters. The third kappa shape index (κ3) is 11.1. The summed E-state index contributed by atoms with van der Waals surface area (Å²) in [4.78, 5) is 22.1. The minimum atomic E-state index is -1.17. The number of carboxylic acid groups (broad SMARTS) is 2. The predicted molar refractivity (Wildman–Crippen MR) is 103 cm³/mol. The van der Waals surface area contributed by atoms with Crippen molar-refractivity contribution in [2.45, 2.75) is 73.1 Å². The van der Waals surface area contributed by atoms with Crippen LogP contribution in [0.4, 0.5) is 0 Å². The summed E-state index contributed by atoms with van der Waals surface area (Å²) in [5, 5.41) is 18.0. The van der Waals surface area contributed by atoms with Gasteiger partial charge in [-0.15, -0.1) is 0 Å². The molecule has 0 amide bonds. The Kier molecular flexibility index (Phi) is 11.3. The minimum absolute atomic E-state index is 0.0217. The van der Waals surface area contributed by atoms with Crippen molar-refractivity contribution in [3.05, 3.63) is 46.1 Å². The first-order chi connectivity index (χ1) is 11.6. The zero-order chi connectivity index (χ0) is 19.4. The molecule has 0 unspecified atom stereocenters. The molecule has 0 aromatic carbocycles. The van der Waals surface area contributed by atoms with Crippen molar-refractivity contribution in [3.63, 3.8) is 0 Å². The first-order valence-corrected chi connectivity index (χ1v) is 8.76. The van der Waals surface area contributed by atoms with Gasteiger partial charge in [0.25, 0.3) is 0 Å². The number of aliphatic carboxylic acids is 2. The maximum atomic E-state index is 11.1. The molecule has 0 aliphatic rings. The SMILES string of the molecule is CC(C)=CCC/C(C)=C/CC/C(C)=C/CC/C(C(=O)O)=C(/C)C(=O)O. The number of allylic oxidation sites excluding steroid dienone is 6. The van der Waals surface area contributed by atoms with Crippen molar-refractivity contribution in [1.29, 1.82) is 0 Å². The van der Waals surface area contributed by atoms with Crippen LogP contribution in [0.1, 0.15) is 73.1 Å². The standard InChI is InChI=1S/C21H32O4/c1-15(2)9-6-10-16(3)11-7-12-17(4)13-8-14-19(21(24)25)18(5)20(22)23/h9,11,13H,6-8,10,12,14H2,1-5H3,(H,22,23)(H,24,25)/b16-11+,17-13+,19-18+. The molecule has 0 aliphatic carbocycles. The van der Waals surface area contributed by atoms with Gasteiger partial charge in [0.05, 0.1) is 0 Å². The number of rotatable bonds is 11. The first-order valence-electron chi connectivity index (χ1n) is 8.76. The predicted octanol–water partition coefficient (Wildman–Crippen LogP) is 5.67. The van der Waals surface area contributed by atoms with E-state index in [2.05, 4.69) is 32.9 Å². The summed E-state index contributed by atoms with van der Waals surface area (Å²) in [5.74, 6) is -2.33. The van der Waals surface area contributed by atoms with Crippen LogP contribution in [0.15, 0.2) is 46.1 Å². The Morgan fingerprint density at radius 3 is 1.52 bits per heavy atom. The molecule has 0 radical (unpaired) electrons. The molecule has 2 N–H and O–H groups in total. The van der Waals surface area contributed by atoms with Crippen LogP contribution in [-0.4, -0.2) is 22.2 Å². The van der Waals surface area contributed by atoms with Gasteiger partial charge in [0.2, 0.25) is 0 Å². The summed E-state index contributed by atoms with van der Waals surface area (Å²) >= 11 is 0. The summed E-state index contributed by atoms with van der Waals surface area (Å²) in [6.45, 7) is 9.73. The van der Waals surface area contributed by atoms with Gasteiger partial charge in [0, 0.05) is 11.1 Å². The fourth-order valence-corrected chi connectivity index (χ4v) is 2.39. The van der Waals surface area contributed by atoms with E-state index in [0.717, 1.165) is 25.7 Å². The third-order valence-corrected chi connectivity index (χ3v) is 4.04. The second kappa shape index (κ2) is 12.3. The quantitative estimate of drug-likeness (QED) is 0.372. The van der Waals surface area contributed by atoms with Gasteiger partial charge in [-0.1, -0.05) is 34.9 Å². The lowest BCUT2D eigenvalue weighted by Crippen LogP contribution is -2.09. The third-order valence-electron chi connectivity index (χ3n) is 4.04. The highest BCUT2D eigenvalue weighted by Gasteiger charge is 2.15. The Hall–Kier alpha value is -2.10. The van der Waals surface area contributed by atoms with Crippen molar-refractivity contribution in [1.82, 2.24) is 0 Å². The lowest BCUT2D eigenvalue weighted by molar-refractivity contribution is -0.136. The largest absolute Gasteiger partial charge is 0.478 e. The van der Waals surface area contributed by atoms with Crippen LogP contribution in [-0.2, 0) is 9.59 Å². The fourth-order valence-electron chi connectivity index (χ4n) is 2.39. The van der Waals surface area contributed by atoms with Gasteiger partial charge in [-0.25, -0.2) is 9.59 Å².